The maximum atomic E-state index is 12.9. The van der Waals surface area contributed by atoms with Crippen LogP contribution in [0.2, 0.25) is 0 Å². The Morgan fingerprint density at radius 3 is 2.71 bits per heavy atom. The number of aliphatic imine (C=N–C) groups is 1. The topological polar surface area (TPSA) is 73.6 Å². The molecule has 0 aliphatic carbocycles. The van der Waals surface area contributed by atoms with Crippen LogP contribution in [0.25, 0.3) is 0 Å². The lowest BCUT2D eigenvalue weighted by Crippen LogP contribution is -2.27. The second-order valence-corrected chi connectivity index (χ2v) is 3.37. The molecule has 0 spiro atoms. The summed E-state index contributed by atoms with van der Waals surface area (Å²) in [5.74, 6) is 0.188. The van der Waals surface area contributed by atoms with E-state index in [0.717, 1.165) is 6.42 Å². The van der Waals surface area contributed by atoms with Gasteiger partial charge in [-0.25, -0.2) is 9.38 Å². The Balaban J connectivity index is 0.00000256. The number of nitrogens with two attached hydrogens (primary N) is 2. The first-order chi connectivity index (χ1) is 7.61. The normalized spacial score (nSPS) is 11.2. The fourth-order valence-electron chi connectivity index (χ4n) is 1.19. The van der Waals surface area contributed by atoms with Crippen molar-refractivity contribution in [1.82, 2.24) is 0 Å². The third kappa shape index (κ3) is 6.30. The highest BCUT2D eigenvalue weighted by Crippen LogP contribution is 2.15. The molecule has 17 heavy (non-hydrogen) atoms. The van der Waals surface area contributed by atoms with Crippen molar-refractivity contribution in [3.05, 3.63) is 30.1 Å². The molecule has 96 valence electrons. The molecule has 4 nitrogen and oxygen atoms in total. The van der Waals surface area contributed by atoms with Crippen molar-refractivity contribution in [3.8, 4) is 5.75 Å². The van der Waals surface area contributed by atoms with Crippen LogP contribution in [0.3, 0.4) is 0 Å². The first-order valence-corrected chi connectivity index (χ1v) is 5.09. The van der Waals surface area contributed by atoms with Gasteiger partial charge in [0.2, 0.25) is 0 Å². The Labute approximate surface area is 117 Å². The SMILES string of the molecule is CCC(CN=C(N)N)Oc1cccc(F)c1.I. The van der Waals surface area contributed by atoms with Crippen LogP contribution >= 0.6 is 24.0 Å². The first-order valence-electron chi connectivity index (χ1n) is 5.09. The smallest absolute Gasteiger partial charge is 0.186 e. The molecular formula is C11H17FIN3O. The van der Waals surface area contributed by atoms with Gasteiger partial charge in [0.05, 0.1) is 6.54 Å². The van der Waals surface area contributed by atoms with Gasteiger partial charge in [-0.2, -0.15) is 0 Å². The molecule has 0 bridgehead atoms. The van der Waals surface area contributed by atoms with Crippen LogP contribution in [0.15, 0.2) is 29.3 Å². The van der Waals surface area contributed by atoms with E-state index in [-0.39, 0.29) is 41.9 Å². The molecule has 0 aliphatic rings. The monoisotopic (exact) mass is 353 g/mol. The Morgan fingerprint density at radius 2 is 2.18 bits per heavy atom. The second kappa shape index (κ2) is 8.10. The summed E-state index contributed by atoms with van der Waals surface area (Å²) in [5.41, 5.74) is 10.5. The zero-order chi connectivity index (χ0) is 12.0. The highest BCUT2D eigenvalue weighted by Gasteiger charge is 2.07. The minimum atomic E-state index is -0.325. The van der Waals surface area contributed by atoms with Gasteiger partial charge >= 0.3 is 0 Å². The molecule has 1 aromatic rings. The highest BCUT2D eigenvalue weighted by molar-refractivity contribution is 14.0. The van der Waals surface area contributed by atoms with Crippen molar-refractivity contribution in [3.63, 3.8) is 0 Å². The molecule has 0 heterocycles. The summed E-state index contributed by atoms with van der Waals surface area (Å²) in [6.45, 7) is 2.32. The van der Waals surface area contributed by atoms with Gasteiger partial charge in [0.25, 0.3) is 0 Å². The van der Waals surface area contributed by atoms with Gasteiger partial charge in [-0.3, -0.25) is 0 Å². The van der Waals surface area contributed by atoms with E-state index >= 15 is 0 Å². The van der Waals surface area contributed by atoms with Gasteiger partial charge in [0.15, 0.2) is 5.96 Å². The maximum absolute atomic E-state index is 12.9. The summed E-state index contributed by atoms with van der Waals surface area (Å²) >= 11 is 0. The Morgan fingerprint density at radius 1 is 1.47 bits per heavy atom. The lowest BCUT2D eigenvalue weighted by Gasteiger charge is -2.15. The molecule has 0 amide bonds. The number of hydrogen-bond acceptors (Lipinski definition) is 2. The Bertz CT molecular complexity index is 369. The van der Waals surface area contributed by atoms with Crippen molar-refractivity contribution < 1.29 is 9.13 Å². The van der Waals surface area contributed by atoms with Gasteiger partial charge < -0.3 is 16.2 Å². The molecule has 0 aliphatic heterocycles. The van der Waals surface area contributed by atoms with Gasteiger partial charge in [-0.15, -0.1) is 24.0 Å². The van der Waals surface area contributed by atoms with E-state index in [0.29, 0.717) is 12.3 Å². The third-order valence-electron chi connectivity index (χ3n) is 2.03. The standard InChI is InChI=1S/C11H16FN3O.HI/c1-2-9(7-15-11(13)14)16-10-5-3-4-8(12)6-10;/h3-6,9H,2,7H2,1H3,(H4,13,14,15);1H. The lowest BCUT2D eigenvalue weighted by molar-refractivity contribution is 0.205. The average Bonchev–Trinajstić information content (AvgIpc) is 2.24. The largest absolute Gasteiger partial charge is 0.488 e. The molecule has 0 fully saturated rings. The van der Waals surface area contributed by atoms with Crippen LogP contribution in [0.4, 0.5) is 4.39 Å². The lowest BCUT2D eigenvalue weighted by atomic mass is 10.2. The average molecular weight is 353 g/mol. The van der Waals surface area contributed by atoms with Gasteiger partial charge in [-0.1, -0.05) is 13.0 Å². The number of halogens is 2. The summed E-state index contributed by atoms with van der Waals surface area (Å²) in [6, 6.07) is 5.99. The van der Waals surface area contributed by atoms with E-state index in [1.165, 1.54) is 12.1 Å². The van der Waals surface area contributed by atoms with Gasteiger partial charge in [0, 0.05) is 6.07 Å². The van der Waals surface area contributed by atoms with Crippen molar-refractivity contribution in [1.29, 1.82) is 0 Å². The molecule has 1 atom stereocenters. The van der Waals surface area contributed by atoms with Crippen molar-refractivity contribution in [2.24, 2.45) is 16.5 Å². The van der Waals surface area contributed by atoms with E-state index in [2.05, 4.69) is 4.99 Å². The predicted octanol–water partition coefficient (Wildman–Crippen LogP) is 1.87. The van der Waals surface area contributed by atoms with Crippen molar-refractivity contribution >= 4 is 29.9 Å². The minimum absolute atomic E-state index is 0. The second-order valence-electron chi connectivity index (χ2n) is 3.37. The molecule has 6 heteroatoms. The number of nitrogens with zero attached hydrogens (tertiary/aromatic N) is 1. The molecule has 1 aromatic carbocycles. The van der Waals surface area contributed by atoms with Crippen molar-refractivity contribution in [2.75, 3.05) is 6.54 Å². The van der Waals surface area contributed by atoms with E-state index in [4.69, 9.17) is 16.2 Å². The molecular weight excluding hydrogens is 336 g/mol. The quantitative estimate of drug-likeness (QED) is 0.482. The summed E-state index contributed by atoms with van der Waals surface area (Å²) in [7, 11) is 0. The summed E-state index contributed by atoms with van der Waals surface area (Å²) in [5, 5.41) is 0. The predicted molar refractivity (Wildman–Crippen MR) is 77.2 cm³/mol. The third-order valence-corrected chi connectivity index (χ3v) is 2.03. The van der Waals surface area contributed by atoms with Crippen LogP contribution in [-0.2, 0) is 0 Å². The van der Waals surface area contributed by atoms with Crippen molar-refractivity contribution in [2.45, 2.75) is 19.4 Å². The summed E-state index contributed by atoms with van der Waals surface area (Å²) in [4.78, 5) is 3.87. The zero-order valence-corrected chi connectivity index (χ0v) is 11.9. The number of hydrogen-bond donors (Lipinski definition) is 2. The fraction of sp³-hybridized carbons (Fsp3) is 0.364. The summed E-state index contributed by atoms with van der Waals surface area (Å²) < 4.78 is 18.4. The Hall–Kier alpha value is -1.05. The maximum Gasteiger partial charge on any atom is 0.186 e. The Kier molecular flexibility index (Phi) is 7.60. The summed E-state index contributed by atoms with van der Waals surface area (Å²) in [6.07, 6.45) is 0.594. The number of rotatable bonds is 5. The van der Waals surface area contributed by atoms with E-state index < -0.39 is 0 Å². The zero-order valence-electron chi connectivity index (χ0n) is 9.60. The number of ether oxygens (including phenoxy) is 1. The van der Waals surface area contributed by atoms with E-state index in [9.17, 15) is 4.39 Å². The van der Waals surface area contributed by atoms with Crippen LogP contribution in [-0.4, -0.2) is 18.6 Å². The van der Waals surface area contributed by atoms with Crippen LogP contribution < -0.4 is 16.2 Å². The molecule has 0 saturated heterocycles. The van der Waals surface area contributed by atoms with E-state index in [1.54, 1.807) is 12.1 Å². The van der Waals surface area contributed by atoms with Crippen LogP contribution in [0.5, 0.6) is 5.75 Å². The van der Waals surface area contributed by atoms with Crippen LogP contribution in [0.1, 0.15) is 13.3 Å². The molecule has 0 radical (unpaired) electrons. The molecule has 1 unspecified atom stereocenters. The minimum Gasteiger partial charge on any atom is -0.488 e. The van der Waals surface area contributed by atoms with E-state index in [1.807, 2.05) is 6.92 Å². The molecule has 0 aromatic heterocycles. The molecule has 4 N–H and O–H groups in total. The number of guanidine groups is 1. The fourth-order valence-corrected chi connectivity index (χ4v) is 1.19. The first kappa shape index (κ1) is 16.0. The highest BCUT2D eigenvalue weighted by atomic mass is 127. The molecule has 1 rings (SSSR count). The van der Waals surface area contributed by atoms with Gasteiger partial charge in [0.1, 0.15) is 17.7 Å². The molecule has 0 saturated carbocycles. The van der Waals surface area contributed by atoms with Crippen LogP contribution in [0, 0.1) is 5.82 Å². The number of benzene rings is 1. The van der Waals surface area contributed by atoms with Gasteiger partial charge in [-0.05, 0) is 18.6 Å².